The largest absolute Gasteiger partial charge is 0.334 e. The molecule has 2 saturated heterocycles. The molecule has 2 aromatic rings. The van der Waals surface area contributed by atoms with Crippen LogP contribution in [0.15, 0.2) is 23.2 Å². The highest BCUT2D eigenvalue weighted by atomic mass is 35.5. The van der Waals surface area contributed by atoms with Crippen LogP contribution in [0.5, 0.6) is 0 Å². The Morgan fingerprint density at radius 1 is 1.22 bits per heavy atom. The van der Waals surface area contributed by atoms with E-state index in [4.69, 9.17) is 11.6 Å². The molecule has 3 heterocycles. The van der Waals surface area contributed by atoms with Crippen molar-refractivity contribution in [2.24, 2.45) is 0 Å². The Morgan fingerprint density at radius 2 is 1.89 bits per heavy atom. The third-order valence-electron chi connectivity index (χ3n) is 5.26. The number of halogens is 1. The van der Waals surface area contributed by atoms with Gasteiger partial charge in [0, 0.05) is 25.2 Å². The van der Waals surface area contributed by atoms with E-state index in [1.54, 1.807) is 22.2 Å². The first-order valence-electron chi connectivity index (χ1n) is 8.74. The molecule has 2 atom stereocenters. The zero-order chi connectivity index (χ0) is 19.3. The lowest BCUT2D eigenvalue weighted by molar-refractivity contribution is 0.0609. The zero-order valence-corrected chi connectivity index (χ0v) is 16.6. The Balaban J connectivity index is 1.64. The van der Waals surface area contributed by atoms with Gasteiger partial charge in [-0.1, -0.05) is 22.9 Å². The molecule has 0 aliphatic carbocycles. The number of H-pyrrole nitrogens is 1. The number of likely N-dealkylation sites (tertiary alicyclic amines) is 1. The molecule has 2 fully saturated rings. The number of aryl methyl sites for hydroxylation is 2. The Hall–Kier alpha value is -1.97. The summed E-state index contributed by atoms with van der Waals surface area (Å²) in [6, 6.07) is 2.98. The number of piperazine rings is 1. The summed E-state index contributed by atoms with van der Waals surface area (Å²) in [5.74, 6) is -0.210. The molecule has 1 aromatic heterocycles. The van der Waals surface area contributed by atoms with E-state index in [0.29, 0.717) is 24.3 Å². The molecule has 2 aliphatic heterocycles. The van der Waals surface area contributed by atoms with Crippen LogP contribution in [-0.2, 0) is 10.0 Å². The number of aromatic amines is 1. The van der Waals surface area contributed by atoms with Crippen molar-refractivity contribution in [1.82, 2.24) is 24.6 Å². The van der Waals surface area contributed by atoms with Gasteiger partial charge in [-0.3, -0.25) is 9.89 Å². The van der Waals surface area contributed by atoms with Gasteiger partial charge < -0.3 is 4.90 Å². The summed E-state index contributed by atoms with van der Waals surface area (Å²) in [5.41, 5.74) is 1.87. The van der Waals surface area contributed by atoms with Crippen LogP contribution in [0, 0.1) is 13.8 Å². The molecule has 0 radical (unpaired) electrons. The summed E-state index contributed by atoms with van der Waals surface area (Å²) in [6.07, 6.45) is 2.82. The van der Waals surface area contributed by atoms with Gasteiger partial charge in [0.15, 0.2) is 0 Å². The van der Waals surface area contributed by atoms with E-state index in [9.17, 15) is 13.2 Å². The lowest BCUT2D eigenvalue weighted by Gasteiger charge is -2.40. The van der Waals surface area contributed by atoms with E-state index in [0.717, 1.165) is 18.4 Å². The molecule has 2 aliphatic rings. The van der Waals surface area contributed by atoms with Gasteiger partial charge in [-0.05, 0) is 43.9 Å². The second kappa shape index (κ2) is 6.57. The smallest absolute Gasteiger partial charge is 0.273 e. The number of fused-ring (bicyclic) bond motifs is 2. The Morgan fingerprint density at radius 3 is 2.44 bits per heavy atom. The van der Waals surface area contributed by atoms with Crippen molar-refractivity contribution in [2.45, 2.75) is 43.7 Å². The maximum atomic E-state index is 13.4. The highest BCUT2D eigenvalue weighted by Crippen LogP contribution is 2.38. The van der Waals surface area contributed by atoms with Crippen LogP contribution in [0.4, 0.5) is 0 Å². The highest BCUT2D eigenvalue weighted by Gasteiger charge is 2.48. The predicted molar refractivity (Wildman–Crippen MR) is 99.0 cm³/mol. The number of nitrogens with one attached hydrogen (secondary N) is 1. The van der Waals surface area contributed by atoms with Crippen molar-refractivity contribution in [3.8, 4) is 0 Å². The molecule has 2 bridgehead atoms. The van der Waals surface area contributed by atoms with Crippen molar-refractivity contribution in [3.05, 3.63) is 40.2 Å². The van der Waals surface area contributed by atoms with E-state index in [1.165, 1.54) is 6.20 Å². The zero-order valence-electron chi connectivity index (χ0n) is 15.0. The molecular weight excluding hydrogens is 390 g/mol. The number of hydrogen-bond donors (Lipinski definition) is 1. The summed E-state index contributed by atoms with van der Waals surface area (Å²) < 4.78 is 28.4. The summed E-state index contributed by atoms with van der Waals surface area (Å²) in [5, 5.41) is 10.0. The number of benzene rings is 1. The predicted octanol–water partition coefficient (Wildman–Crippen LogP) is 1.75. The van der Waals surface area contributed by atoms with Gasteiger partial charge in [-0.2, -0.15) is 4.31 Å². The number of nitrogens with zero attached hydrogens (tertiary/aromatic N) is 4. The van der Waals surface area contributed by atoms with Crippen LogP contribution in [-0.4, -0.2) is 64.1 Å². The van der Waals surface area contributed by atoms with Crippen LogP contribution in [0.25, 0.3) is 0 Å². The summed E-state index contributed by atoms with van der Waals surface area (Å²) >= 11 is 6.31. The average Bonchev–Trinajstić information content (AvgIpc) is 3.20. The number of sulfonamides is 1. The minimum atomic E-state index is -3.75. The van der Waals surface area contributed by atoms with Crippen LogP contribution < -0.4 is 0 Å². The third-order valence-corrected chi connectivity index (χ3v) is 7.88. The van der Waals surface area contributed by atoms with Gasteiger partial charge in [0.2, 0.25) is 10.0 Å². The Bertz CT molecular complexity index is 955. The first kappa shape index (κ1) is 18.4. The molecule has 1 amide bonds. The monoisotopic (exact) mass is 409 g/mol. The summed E-state index contributed by atoms with van der Waals surface area (Å²) in [7, 11) is -3.75. The minimum Gasteiger partial charge on any atom is -0.334 e. The molecule has 10 heteroatoms. The van der Waals surface area contributed by atoms with E-state index in [1.807, 2.05) is 13.0 Å². The number of hydrogen-bond acceptors (Lipinski definition) is 5. The van der Waals surface area contributed by atoms with E-state index < -0.39 is 10.0 Å². The number of carbonyl (C=O) groups excluding carboxylic acids is 1. The van der Waals surface area contributed by atoms with Gasteiger partial charge in [0.25, 0.3) is 5.91 Å². The Kier molecular flexibility index (Phi) is 4.48. The van der Waals surface area contributed by atoms with Crippen LogP contribution in [0.2, 0.25) is 5.02 Å². The van der Waals surface area contributed by atoms with Crippen molar-refractivity contribution >= 4 is 27.5 Å². The lowest BCUT2D eigenvalue weighted by Crippen LogP contribution is -2.57. The molecule has 1 aromatic carbocycles. The number of aromatic nitrogens is 3. The molecule has 8 nitrogen and oxygen atoms in total. The molecule has 144 valence electrons. The first-order valence-corrected chi connectivity index (χ1v) is 10.6. The topological polar surface area (TPSA) is 99.3 Å². The molecular formula is C17H20ClN5O3S. The van der Waals surface area contributed by atoms with Gasteiger partial charge >= 0.3 is 0 Å². The minimum absolute atomic E-state index is 0.171. The van der Waals surface area contributed by atoms with Crippen LogP contribution in [0.1, 0.15) is 34.5 Å². The maximum absolute atomic E-state index is 13.4. The second-order valence-corrected chi connectivity index (χ2v) is 9.38. The average molecular weight is 410 g/mol. The van der Waals surface area contributed by atoms with E-state index in [2.05, 4.69) is 15.4 Å². The molecule has 27 heavy (non-hydrogen) atoms. The molecule has 1 N–H and O–H groups in total. The van der Waals surface area contributed by atoms with Crippen molar-refractivity contribution in [2.75, 3.05) is 13.1 Å². The molecule has 2 unspecified atom stereocenters. The van der Waals surface area contributed by atoms with Crippen LogP contribution in [0.3, 0.4) is 0 Å². The Labute approximate surface area is 162 Å². The quantitative estimate of drug-likeness (QED) is 0.832. The van der Waals surface area contributed by atoms with E-state index >= 15 is 0 Å². The summed E-state index contributed by atoms with van der Waals surface area (Å²) in [4.78, 5) is 14.4. The fourth-order valence-corrected chi connectivity index (χ4v) is 6.95. The fraction of sp³-hybridized carbons (Fsp3) is 0.471. The van der Waals surface area contributed by atoms with Gasteiger partial charge in [-0.25, -0.2) is 8.42 Å². The maximum Gasteiger partial charge on any atom is 0.273 e. The summed E-state index contributed by atoms with van der Waals surface area (Å²) in [6.45, 7) is 4.33. The molecule has 4 rings (SSSR count). The highest BCUT2D eigenvalue weighted by molar-refractivity contribution is 7.89. The van der Waals surface area contributed by atoms with Gasteiger partial charge in [0.05, 0.1) is 11.2 Å². The SMILES string of the molecule is Cc1cc(C)c(S(=O)(=O)N2C3CCC2CN(C(=O)c2cnn[nH]2)C3)c(Cl)c1. The first-order chi connectivity index (χ1) is 12.8. The van der Waals surface area contributed by atoms with Crippen molar-refractivity contribution in [1.29, 1.82) is 0 Å². The van der Waals surface area contributed by atoms with Gasteiger partial charge in [-0.15, -0.1) is 5.10 Å². The number of rotatable bonds is 3. The van der Waals surface area contributed by atoms with Crippen LogP contribution >= 0.6 is 11.6 Å². The normalized spacial score (nSPS) is 23.0. The third kappa shape index (κ3) is 3.03. The standard InChI is InChI=1S/C17H20ClN5O3S/c1-10-5-11(2)16(14(18)6-10)27(25,26)23-12-3-4-13(23)9-22(8-12)17(24)15-7-19-21-20-15/h5-7,12-13H,3-4,8-9H2,1-2H3,(H,19,20,21). The number of amides is 1. The van der Waals surface area contributed by atoms with Crippen molar-refractivity contribution < 1.29 is 13.2 Å². The molecule has 0 spiro atoms. The van der Waals surface area contributed by atoms with Crippen molar-refractivity contribution in [3.63, 3.8) is 0 Å². The van der Waals surface area contributed by atoms with Gasteiger partial charge in [0.1, 0.15) is 10.6 Å². The number of carbonyl (C=O) groups is 1. The van der Waals surface area contributed by atoms with E-state index in [-0.39, 0.29) is 27.9 Å². The lowest BCUT2D eigenvalue weighted by atomic mass is 10.2. The molecule has 0 saturated carbocycles. The second-order valence-electron chi connectivity index (χ2n) is 7.19. The fourth-order valence-electron chi connectivity index (χ4n) is 4.23.